The number of imide groups is 1. The van der Waals surface area contributed by atoms with E-state index in [2.05, 4.69) is 4.72 Å². The van der Waals surface area contributed by atoms with Crippen LogP contribution in [-0.2, 0) is 26.0 Å². The highest BCUT2D eigenvalue weighted by atomic mass is 32.2. The van der Waals surface area contributed by atoms with Gasteiger partial charge in [-0.3, -0.25) is 14.5 Å². The van der Waals surface area contributed by atoms with E-state index < -0.39 is 10.0 Å². The number of methoxy groups -OCH3 is 1. The summed E-state index contributed by atoms with van der Waals surface area (Å²) in [5.41, 5.74) is 0.240. The standard InChI is InChI=1S/C18H20N2O5S2/c1-25-15-8-7-13(20-17(21)5-2-6-18(20)22)12-16(15)27(23,24)19-10-9-14-4-3-11-26-14/h3-4,7-8,11-12,19H,2,5-6,9-10H2,1H3. The van der Waals surface area contributed by atoms with Crippen molar-refractivity contribution < 1.29 is 22.7 Å². The van der Waals surface area contributed by atoms with E-state index in [4.69, 9.17) is 4.74 Å². The highest BCUT2D eigenvalue weighted by molar-refractivity contribution is 7.89. The third kappa shape index (κ3) is 4.37. The number of rotatable bonds is 7. The molecule has 2 heterocycles. The van der Waals surface area contributed by atoms with Crippen molar-refractivity contribution in [1.29, 1.82) is 0 Å². The van der Waals surface area contributed by atoms with Gasteiger partial charge in [-0.15, -0.1) is 11.3 Å². The molecule has 0 spiro atoms. The molecule has 1 aromatic heterocycles. The molecule has 1 aliphatic rings. The molecule has 2 amide bonds. The summed E-state index contributed by atoms with van der Waals surface area (Å²) in [6.07, 6.45) is 1.61. The largest absolute Gasteiger partial charge is 0.495 e. The normalized spacial score (nSPS) is 15.2. The first-order chi connectivity index (χ1) is 12.9. The van der Waals surface area contributed by atoms with E-state index in [1.807, 2.05) is 17.5 Å². The third-order valence-electron chi connectivity index (χ3n) is 4.22. The van der Waals surface area contributed by atoms with Crippen molar-refractivity contribution in [3.05, 3.63) is 40.6 Å². The maximum absolute atomic E-state index is 12.8. The van der Waals surface area contributed by atoms with Gasteiger partial charge in [-0.25, -0.2) is 13.1 Å². The zero-order valence-electron chi connectivity index (χ0n) is 14.8. The van der Waals surface area contributed by atoms with E-state index in [1.54, 1.807) is 11.3 Å². The number of thiophene rings is 1. The van der Waals surface area contributed by atoms with Crippen LogP contribution < -0.4 is 14.4 Å². The lowest BCUT2D eigenvalue weighted by atomic mass is 10.1. The van der Waals surface area contributed by atoms with Crippen LogP contribution in [0.5, 0.6) is 5.75 Å². The second-order valence-corrected chi connectivity index (χ2v) is 8.81. The van der Waals surface area contributed by atoms with Gasteiger partial charge in [0.15, 0.2) is 0 Å². The molecule has 2 aromatic rings. The van der Waals surface area contributed by atoms with Gasteiger partial charge in [0, 0.05) is 24.3 Å². The Kier molecular flexibility index (Phi) is 5.93. The van der Waals surface area contributed by atoms with Crippen LogP contribution >= 0.6 is 11.3 Å². The van der Waals surface area contributed by atoms with E-state index >= 15 is 0 Å². The van der Waals surface area contributed by atoms with E-state index in [1.165, 1.54) is 25.3 Å². The zero-order valence-corrected chi connectivity index (χ0v) is 16.4. The van der Waals surface area contributed by atoms with Gasteiger partial charge in [-0.1, -0.05) is 6.07 Å². The summed E-state index contributed by atoms with van der Waals surface area (Å²) in [5.74, 6) is -0.505. The number of benzene rings is 1. The fraction of sp³-hybridized carbons (Fsp3) is 0.333. The van der Waals surface area contributed by atoms with Gasteiger partial charge in [0.25, 0.3) is 0 Å². The van der Waals surface area contributed by atoms with Crippen LogP contribution in [0.15, 0.2) is 40.6 Å². The molecular formula is C18H20N2O5S2. The van der Waals surface area contributed by atoms with Crippen molar-refractivity contribution in [2.75, 3.05) is 18.6 Å². The predicted octanol–water partition coefficient (Wildman–Crippen LogP) is 2.32. The van der Waals surface area contributed by atoms with Crippen molar-refractivity contribution in [3.8, 4) is 5.75 Å². The van der Waals surface area contributed by atoms with Crippen LogP contribution in [0.4, 0.5) is 5.69 Å². The van der Waals surface area contributed by atoms with Crippen LogP contribution in [0.25, 0.3) is 0 Å². The van der Waals surface area contributed by atoms with Gasteiger partial charge >= 0.3 is 0 Å². The smallest absolute Gasteiger partial charge is 0.244 e. The quantitative estimate of drug-likeness (QED) is 0.710. The zero-order chi connectivity index (χ0) is 19.4. The maximum Gasteiger partial charge on any atom is 0.244 e. The number of amides is 2. The highest BCUT2D eigenvalue weighted by Crippen LogP contribution is 2.31. The van der Waals surface area contributed by atoms with Crippen molar-refractivity contribution in [1.82, 2.24) is 4.72 Å². The van der Waals surface area contributed by atoms with Crippen molar-refractivity contribution in [2.45, 2.75) is 30.6 Å². The second kappa shape index (κ2) is 8.20. The van der Waals surface area contributed by atoms with Crippen molar-refractivity contribution >= 4 is 38.9 Å². The van der Waals surface area contributed by atoms with E-state index in [-0.39, 0.29) is 47.5 Å². The average Bonchev–Trinajstić information content (AvgIpc) is 3.15. The Balaban J connectivity index is 1.86. The first-order valence-electron chi connectivity index (χ1n) is 8.48. The number of piperidine rings is 1. The van der Waals surface area contributed by atoms with Crippen molar-refractivity contribution in [3.63, 3.8) is 0 Å². The molecule has 9 heteroatoms. The second-order valence-electron chi connectivity index (χ2n) is 6.04. The summed E-state index contributed by atoms with van der Waals surface area (Å²) >= 11 is 1.56. The van der Waals surface area contributed by atoms with Crippen LogP contribution in [0.2, 0.25) is 0 Å². The van der Waals surface area contributed by atoms with Crippen LogP contribution in [0.3, 0.4) is 0 Å². The molecule has 1 N–H and O–H groups in total. The monoisotopic (exact) mass is 408 g/mol. The first kappa shape index (κ1) is 19.5. The van der Waals surface area contributed by atoms with Gasteiger partial charge in [-0.05, 0) is 42.5 Å². The summed E-state index contributed by atoms with van der Waals surface area (Å²) in [7, 11) is -2.50. The number of carbonyl (C=O) groups is 2. The Bertz CT molecular complexity index is 923. The Morgan fingerprint density at radius 2 is 1.93 bits per heavy atom. The minimum atomic E-state index is -3.87. The molecule has 3 rings (SSSR count). The van der Waals surface area contributed by atoms with E-state index in [9.17, 15) is 18.0 Å². The molecule has 27 heavy (non-hydrogen) atoms. The van der Waals surface area contributed by atoms with Gasteiger partial charge in [0.1, 0.15) is 10.6 Å². The maximum atomic E-state index is 12.8. The molecule has 7 nitrogen and oxygen atoms in total. The summed E-state index contributed by atoms with van der Waals surface area (Å²) in [4.78, 5) is 26.3. The van der Waals surface area contributed by atoms with Gasteiger partial charge < -0.3 is 4.74 Å². The number of hydrogen-bond donors (Lipinski definition) is 1. The molecule has 0 aliphatic carbocycles. The SMILES string of the molecule is COc1ccc(N2C(=O)CCCC2=O)cc1S(=O)(=O)NCCc1cccs1. The number of nitrogens with zero attached hydrogens (tertiary/aromatic N) is 1. The number of hydrogen-bond acceptors (Lipinski definition) is 6. The van der Waals surface area contributed by atoms with Crippen LogP contribution in [0.1, 0.15) is 24.1 Å². The number of carbonyl (C=O) groups excluding carboxylic acids is 2. The molecule has 1 aliphatic heterocycles. The Hall–Kier alpha value is -2.23. The first-order valence-corrected chi connectivity index (χ1v) is 10.8. The van der Waals surface area contributed by atoms with Gasteiger partial charge in [-0.2, -0.15) is 0 Å². The van der Waals surface area contributed by atoms with E-state index in [0.717, 1.165) is 9.78 Å². The highest BCUT2D eigenvalue weighted by Gasteiger charge is 2.29. The molecule has 1 aromatic carbocycles. The number of nitrogens with one attached hydrogen (secondary N) is 1. The Morgan fingerprint density at radius 1 is 1.19 bits per heavy atom. The Labute approximate surface area is 162 Å². The Morgan fingerprint density at radius 3 is 2.56 bits per heavy atom. The summed E-state index contributed by atoms with van der Waals surface area (Å²) in [6.45, 7) is 0.234. The van der Waals surface area contributed by atoms with Crippen molar-refractivity contribution in [2.24, 2.45) is 0 Å². The molecule has 0 bridgehead atoms. The minimum absolute atomic E-state index is 0.0974. The summed E-state index contributed by atoms with van der Waals surface area (Å²) in [6, 6.07) is 8.14. The van der Waals surface area contributed by atoms with Crippen LogP contribution in [-0.4, -0.2) is 33.9 Å². The summed E-state index contributed by atoms with van der Waals surface area (Å²) in [5, 5.41) is 1.93. The fourth-order valence-electron chi connectivity index (χ4n) is 2.90. The molecule has 144 valence electrons. The lowest BCUT2D eigenvalue weighted by Crippen LogP contribution is -2.40. The fourth-order valence-corrected chi connectivity index (χ4v) is 4.82. The van der Waals surface area contributed by atoms with E-state index in [0.29, 0.717) is 12.8 Å². The number of ether oxygens (including phenoxy) is 1. The molecule has 0 unspecified atom stereocenters. The molecule has 0 saturated carbocycles. The summed E-state index contributed by atoms with van der Waals surface area (Å²) < 4.78 is 33.3. The predicted molar refractivity (Wildman–Crippen MR) is 103 cm³/mol. The minimum Gasteiger partial charge on any atom is -0.495 e. The molecule has 0 atom stereocenters. The molecule has 1 saturated heterocycles. The molecule has 0 radical (unpaired) electrons. The number of anilines is 1. The third-order valence-corrected chi connectivity index (χ3v) is 6.64. The topological polar surface area (TPSA) is 92.8 Å². The molecule has 1 fully saturated rings. The number of sulfonamides is 1. The van der Waals surface area contributed by atoms with Crippen LogP contribution in [0, 0.1) is 0 Å². The lowest BCUT2D eigenvalue weighted by Gasteiger charge is -2.25. The average molecular weight is 409 g/mol. The van der Waals surface area contributed by atoms with Gasteiger partial charge in [0.2, 0.25) is 21.8 Å². The lowest BCUT2D eigenvalue weighted by molar-refractivity contribution is -0.129. The van der Waals surface area contributed by atoms with Gasteiger partial charge in [0.05, 0.1) is 12.8 Å². The molecular weight excluding hydrogens is 388 g/mol.